The third-order valence-electron chi connectivity index (χ3n) is 3.55. The number of carbonyl (C=O) groups excluding carboxylic acids is 2. The van der Waals surface area contributed by atoms with Crippen LogP contribution in [-0.2, 0) is 14.3 Å². The van der Waals surface area contributed by atoms with E-state index in [9.17, 15) is 9.59 Å². The molecule has 0 saturated carbocycles. The van der Waals surface area contributed by atoms with Crippen molar-refractivity contribution in [2.45, 2.75) is 26.0 Å². The van der Waals surface area contributed by atoms with E-state index in [4.69, 9.17) is 32.7 Å². The monoisotopic (exact) mass is 395 g/mol. The second-order valence-corrected chi connectivity index (χ2v) is 6.49. The maximum atomic E-state index is 12.0. The summed E-state index contributed by atoms with van der Waals surface area (Å²) in [5, 5.41) is 3.51. The molecule has 26 heavy (non-hydrogen) atoms. The summed E-state index contributed by atoms with van der Waals surface area (Å²) in [6.07, 6.45) is -0.923. The molecule has 2 atom stereocenters. The van der Waals surface area contributed by atoms with Crippen LogP contribution in [0.1, 0.15) is 25.5 Å². The molecule has 0 fully saturated rings. The van der Waals surface area contributed by atoms with Crippen molar-refractivity contribution in [1.82, 2.24) is 5.32 Å². The van der Waals surface area contributed by atoms with Gasteiger partial charge < -0.3 is 14.8 Å². The van der Waals surface area contributed by atoms with Gasteiger partial charge in [0.2, 0.25) is 0 Å². The first-order valence-electron chi connectivity index (χ1n) is 7.99. The average Bonchev–Trinajstić information content (AvgIpc) is 2.62. The number of amides is 1. The Kier molecular flexibility index (Phi) is 7.30. The Morgan fingerprint density at radius 1 is 1.08 bits per heavy atom. The molecule has 0 saturated heterocycles. The van der Waals surface area contributed by atoms with E-state index in [2.05, 4.69) is 5.32 Å². The summed E-state index contributed by atoms with van der Waals surface area (Å²) in [6.45, 7) is 2.97. The fraction of sp³-hybridized carbons (Fsp3) is 0.263. The first-order valence-corrected chi connectivity index (χ1v) is 8.75. The van der Waals surface area contributed by atoms with Crippen LogP contribution in [0.5, 0.6) is 5.75 Å². The lowest BCUT2D eigenvalue weighted by Crippen LogP contribution is -2.34. The number of rotatable bonds is 7. The Morgan fingerprint density at radius 2 is 1.77 bits per heavy atom. The zero-order chi connectivity index (χ0) is 19.1. The van der Waals surface area contributed by atoms with E-state index in [-0.39, 0.29) is 11.1 Å². The topological polar surface area (TPSA) is 64.6 Å². The van der Waals surface area contributed by atoms with Crippen LogP contribution in [0, 0.1) is 0 Å². The first kappa shape index (κ1) is 20.1. The number of esters is 1. The zero-order valence-electron chi connectivity index (χ0n) is 14.4. The quantitative estimate of drug-likeness (QED) is 0.714. The summed E-state index contributed by atoms with van der Waals surface area (Å²) in [7, 11) is 0. The summed E-state index contributed by atoms with van der Waals surface area (Å²) >= 11 is 11.8. The molecule has 0 spiro atoms. The number of ether oxygens (including phenoxy) is 2. The summed E-state index contributed by atoms with van der Waals surface area (Å²) < 4.78 is 10.4. The van der Waals surface area contributed by atoms with Crippen LogP contribution in [0.25, 0.3) is 0 Å². The van der Waals surface area contributed by atoms with Gasteiger partial charge in [0.1, 0.15) is 5.75 Å². The van der Waals surface area contributed by atoms with Gasteiger partial charge in [-0.05, 0) is 37.6 Å². The predicted molar refractivity (Wildman–Crippen MR) is 101 cm³/mol. The van der Waals surface area contributed by atoms with Crippen molar-refractivity contribution in [1.29, 1.82) is 0 Å². The number of hydrogen-bond donors (Lipinski definition) is 1. The molecule has 2 rings (SSSR count). The molecule has 1 N–H and O–H groups in total. The smallest absolute Gasteiger partial charge is 0.347 e. The largest absolute Gasteiger partial charge is 0.477 e. The van der Waals surface area contributed by atoms with E-state index in [1.165, 1.54) is 13.0 Å². The molecule has 0 radical (unpaired) electrons. The van der Waals surface area contributed by atoms with Crippen molar-refractivity contribution < 1.29 is 19.1 Å². The molecule has 0 aliphatic rings. The summed E-state index contributed by atoms with van der Waals surface area (Å²) in [6, 6.07) is 14.0. The number of carbonyl (C=O) groups is 2. The highest BCUT2D eigenvalue weighted by Crippen LogP contribution is 2.28. The Balaban J connectivity index is 1.80. The fourth-order valence-corrected chi connectivity index (χ4v) is 2.62. The molecular weight excluding hydrogens is 377 g/mol. The second-order valence-electron chi connectivity index (χ2n) is 5.64. The molecule has 7 heteroatoms. The van der Waals surface area contributed by atoms with Gasteiger partial charge >= 0.3 is 5.97 Å². The minimum atomic E-state index is -0.923. The number of benzene rings is 2. The summed E-state index contributed by atoms with van der Waals surface area (Å²) in [5.41, 5.74) is 0.959. The van der Waals surface area contributed by atoms with Crippen molar-refractivity contribution in [2.75, 3.05) is 6.61 Å². The minimum absolute atomic E-state index is 0.191. The third-order valence-corrected chi connectivity index (χ3v) is 4.08. The van der Waals surface area contributed by atoms with E-state index in [1.807, 2.05) is 37.3 Å². The molecule has 138 valence electrons. The van der Waals surface area contributed by atoms with Gasteiger partial charge in [-0.15, -0.1) is 0 Å². The summed E-state index contributed by atoms with van der Waals surface area (Å²) in [4.78, 5) is 23.9. The first-order chi connectivity index (χ1) is 12.4. The SMILES string of the molecule is C[C@H](Oc1ccc(Cl)cc1Cl)C(=O)OCC(=O)N[C@H](C)c1ccccc1. The van der Waals surface area contributed by atoms with Gasteiger partial charge in [0.05, 0.1) is 11.1 Å². The molecule has 0 aromatic heterocycles. The van der Waals surface area contributed by atoms with Crippen LogP contribution in [0.2, 0.25) is 10.0 Å². The van der Waals surface area contributed by atoms with E-state index >= 15 is 0 Å². The van der Waals surface area contributed by atoms with Crippen LogP contribution < -0.4 is 10.1 Å². The lowest BCUT2D eigenvalue weighted by Gasteiger charge is -2.16. The van der Waals surface area contributed by atoms with E-state index in [0.29, 0.717) is 10.8 Å². The lowest BCUT2D eigenvalue weighted by molar-refractivity contribution is -0.154. The Labute approximate surface area is 162 Å². The predicted octanol–water partition coefficient (Wildman–Crippen LogP) is 4.18. The molecular formula is C19H19Cl2NO4. The maximum absolute atomic E-state index is 12.0. The maximum Gasteiger partial charge on any atom is 0.347 e. The molecule has 0 aliphatic heterocycles. The molecule has 2 aromatic carbocycles. The van der Waals surface area contributed by atoms with Gasteiger partial charge in [0.15, 0.2) is 12.7 Å². The van der Waals surface area contributed by atoms with Crippen molar-refractivity contribution in [3.05, 3.63) is 64.1 Å². The molecule has 2 aromatic rings. The molecule has 5 nitrogen and oxygen atoms in total. The average molecular weight is 396 g/mol. The summed E-state index contributed by atoms with van der Waals surface area (Å²) in [5.74, 6) is -0.757. The van der Waals surface area contributed by atoms with E-state index < -0.39 is 24.6 Å². The molecule has 0 heterocycles. The van der Waals surface area contributed by atoms with Crippen molar-refractivity contribution in [2.24, 2.45) is 0 Å². The lowest BCUT2D eigenvalue weighted by atomic mass is 10.1. The van der Waals surface area contributed by atoms with Gasteiger partial charge in [-0.25, -0.2) is 4.79 Å². The highest BCUT2D eigenvalue weighted by Gasteiger charge is 2.19. The standard InChI is InChI=1S/C19H19Cl2NO4/c1-12(14-6-4-3-5-7-14)22-18(23)11-25-19(24)13(2)26-17-9-8-15(20)10-16(17)21/h3-10,12-13H,11H2,1-2H3,(H,22,23)/t12-,13+/m1/s1. The molecule has 0 aliphatic carbocycles. The Morgan fingerprint density at radius 3 is 2.42 bits per heavy atom. The minimum Gasteiger partial charge on any atom is -0.477 e. The van der Waals surface area contributed by atoms with Crippen molar-refractivity contribution >= 4 is 35.1 Å². The zero-order valence-corrected chi connectivity index (χ0v) is 15.9. The second kappa shape index (κ2) is 9.46. The Bertz CT molecular complexity index is 767. The van der Waals surface area contributed by atoms with Gasteiger partial charge in [0, 0.05) is 5.02 Å². The Hall–Kier alpha value is -2.24. The fourth-order valence-electron chi connectivity index (χ4n) is 2.17. The van der Waals surface area contributed by atoms with Gasteiger partial charge in [-0.1, -0.05) is 53.5 Å². The van der Waals surface area contributed by atoms with Gasteiger partial charge in [-0.2, -0.15) is 0 Å². The van der Waals surface area contributed by atoms with Gasteiger partial charge in [0.25, 0.3) is 5.91 Å². The highest BCUT2D eigenvalue weighted by molar-refractivity contribution is 6.35. The highest BCUT2D eigenvalue weighted by atomic mass is 35.5. The molecule has 0 unspecified atom stereocenters. The van der Waals surface area contributed by atoms with Crippen LogP contribution in [-0.4, -0.2) is 24.6 Å². The number of halogens is 2. The third kappa shape index (κ3) is 5.93. The van der Waals surface area contributed by atoms with E-state index in [0.717, 1.165) is 5.56 Å². The number of hydrogen-bond acceptors (Lipinski definition) is 4. The van der Waals surface area contributed by atoms with E-state index in [1.54, 1.807) is 12.1 Å². The van der Waals surface area contributed by atoms with Crippen molar-refractivity contribution in [3.63, 3.8) is 0 Å². The molecule has 0 bridgehead atoms. The molecule has 1 amide bonds. The van der Waals surface area contributed by atoms with Gasteiger partial charge in [-0.3, -0.25) is 4.79 Å². The normalized spacial score (nSPS) is 12.8. The van der Waals surface area contributed by atoms with Crippen LogP contribution in [0.15, 0.2) is 48.5 Å². The van der Waals surface area contributed by atoms with Crippen LogP contribution in [0.4, 0.5) is 0 Å². The van der Waals surface area contributed by atoms with Crippen molar-refractivity contribution in [3.8, 4) is 5.75 Å². The number of nitrogens with one attached hydrogen (secondary N) is 1. The van der Waals surface area contributed by atoms with Crippen LogP contribution >= 0.6 is 23.2 Å². The van der Waals surface area contributed by atoms with Crippen LogP contribution in [0.3, 0.4) is 0 Å².